The first-order chi connectivity index (χ1) is 64.8. The Hall–Kier alpha value is -10.1. The number of carboxylic acids is 2. The number of ether oxygens (including phenoxy) is 8. The van der Waals surface area contributed by atoms with Gasteiger partial charge in [0.15, 0.2) is 43.4 Å². The van der Waals surface area contributed by atoms with Crippen molar-refractivity contribution in [1.82, 2.24) is 60.8 Å². The lowest BCUT2D eigenvalue weighted by molar-refractivity contribution is -0.171. The molecule has 8 atom stereocenters. The monoisotopic (exact) mass is 2030 g/mol. The molecule has 0 saturated carbocycles. The molecular weight excluding hydrogens is 1940 g/mol. The van der Waals surface area contributed by atoms with Gasteiger partial charge in [0.05, 0.1) is 126 Å². The molecule has 135 heavy (non-hydrogen) atoms. The van der Waals surface area contributed by atoms with Gasteiger partial charge in [-0.05, 0) is 83.1 Å². The van der Waals surface area contributed by atoms with Crippen LogP contribution in [-0.2, 0) is 66.7 Å². The van der Waals surface area contributed by atoms with E-state index in [0.29, 0.717) is 183 Å². The Bertz CT molecular complexity index is 5750. The summed E-state index contributed by atoms with van der Waals surface area (Å²) >= 11 is 37.2. The van der Waals surface area contributed by atoms with E-state index in [-0.39, 0.29) is 76.8 Å². The molecule has 0 radical (unpaired) electrons. The Labute approximate surface area is 814 Å². The number of nitrogens with one attached hydrogen (secondary N) is 4. The van der Waals surface area contributed by atoms with Crippen molar-refractivity contribution in [1.29, 1.82) is 0 Å². The largest absolute Gasteiger partial charge is 0.480 e. The number of amidine groups is 4. The highest BCUT2D eigenvalue weighted by Crippen LogP contribution is 2.44. The number of aromatic nitrogens is 4. The van der Waals surface area contributed by atoms with E-state index in [2.05, 4.69) is 51.1 Å². The van der Waals surface area contributed by atoms with Crippen LogP contribution >= 0.6 is 103 Å². The molecule has 12 heterocycles. The van der Waals surface area contributed by atoms with Gasteiger partial charge >= 0.3 is 35.8 Å². The van der Waals surface area contributed by atoms with E-state index < -0.39 is 101 Å². The molecule has 718 valence electrons. The van der Waals surface area contributed by atoms with Gasteiger partial charge in [-0.1, -0.05) is 82.3 Å². The Morgan fingerprint density at radius 2 is 0.726 bits per heavy atom. The second-order valence-electron chi connectivity index (χ2n) is 31.9. The van der Waals surface area contributed by atoms with Crippen molar-refractivity contribution < 1.29 is 100 Å². The number of thiazole rings is 4. The summed E-state index contributed by atoms with van der Waals surface area (Å²) in [7, 11) is 3.87. The molecule has 8 N–H and O–H groups in total. The van der Waals surface area contributed by atoms with Crippen LogP contribution in [0.2, 0.25) is 25.1 Å². The normalized spacial score (nSPS) is 22.0. The molecule has 0 aliphatic carbocycles. The van der Waals surface area contributed by atoms with Crippen LogP contribution in [0.25, 0.3) is 0 Å². The molecular formula is C89H94Cl5F3N16O18S4. The Morgan fingerprint density at radius 3 is 0.993 bits per heavy atom. The van der Waals surface area contributed by atoms with Crippen LogP contribution in [0.15, 0.2) is 184 Å². The zero-order chi connectivity index (χ0) is 96.7. The topological polar surface area (TPSA) is 419 Å². The highest BCUT2D eigenvalue weighted by molar-refractivity contribution is 7.12. The number of aliphatic hydroxyl groups is 2. The lowest BCUT2D eigenvalue weighted by Gasteiger charge is -2.44. The van der Waals surface area contributed by atoms with E-state index in [1.54, 1.807) is 98.2 Å². The smallest absolute Gasteiger partial charge is 0.338 e. The minimum atomic E-state index is -1.04. The van der Waals surface area contributed by atoms with Crippen LogP contribution in [0, 0.1) is 17.5 Å². The predicted octanol–water partition coefficient (Wildman–Crippen LogP) is 11.2. The van der Waals surface area contributed by atoms with Gasteiger partial charge in [-0.15, -0.1) is 45.3 Å². The van der Waals surface area contributed by atoms with Gasteiger partial charge in [0.1, 0.15) is 53.7 Å². The second kappa shape index (κ2) is 46.4. The fraction of sp³-hybridized carbons (Fsp3) is 0.393. The molecule has 8 aliphatic heterocycles. The fourth-order valence-corrected chi connectivity index (χ4v) is 20.0. The number of esters is 4. The molecule has 4 saturated heterocycles. The third-order valence-corrected chi connectivity index (χ3v) is 27.2. The van der Waals surface area contributed by atoms with Crippen LogP contribution in [-0.4, -0.2) is 288 Å². The maximum absolute atomic E-state index is 13.8. The van der Waals surface area contributed by atoms with Crippen molar-refractivity contribution in [2.24, 2.45) is 20.0 Å². The summed E-state index contributed by atoms with van der Waals surface area (Å²) in [4.78, 5) is 120. The molecule has 0 spiro atoms. The standard InChI is InChI=1S/C24H26ClFN4O5S.C23H24ClFN4O5S.C21H22Cl2N4O4S.C21H22ClFN4O4S/c1-4-34-23(33)17-16(12-30-8-9-35-24(2,3)19(30)22(31)32)28-20(21-27-7-10-36-21)29-18(17)14-6-5-13(26)11-15(14)25;1-23(2)18(21(30)31)29(7-8-34-23)11-15-16(22(32)33-3)17(13-5-4-12(25)10-14(13)24)28-19(27-15)20-26-6-9-35-20;1-30-21(29)17-16(9-27-5-6-31-11-13(27)10-28)25-19(20-24-4-7-32-20)26-18(17)14-3-2-12(22)8-15(14)23;1-30-21(29)17-16(9-27-5-6-31-11-13(27)10-28)25-19(20-24-4-7-32-20)26-18(17)14-3-2-12(23)8-15(14)22/h5-7,10-11,18-19H,4,8-9,12H2,1-3H3,(H,28,29)(H,31,32);4-6,9-10,17-18H,7-8,11H2,1-3H3,(H,27,28)(H,30,31);2*2-4,7-8,13,18,28H,5-6,9-11H2,1H3,(H,25,26)/t18?,19-;17?,18-;2*13-,18?/m1100/s1. The molecule has 16 rings (SSSR count). The number of halogens is 8. The zero-order valence-electron chi connectivity index (χ0n) is 73.7. The molecule has 4 unspecified atom stereocenters. The maximum Gasteiger partial charge on any atom is 0.338 e. The van der Waals surface area contributed by atoms with Gasteiger partial charge in [-0.3, -0.25) is 49.2 Å². The van der Waals surface area contributed by atoms with Gasteiger partial charge < -0.3 is 79.6 Å². The third kappa shape index (κ3) is 24.4. The second-order valence-corrected chi connectivity index (χ2v) is 37.5. The van der Waals surface area contributed by atoms with Crippen LogP contribution < -0.4 is 21.3 Å². The number of hydrogen-bond acceptors (Lipinski definition) is 36. The minimum Gasteiger partial charge on any atom is -0.480 e. The maximum atomic E-state index is 13.8. The minimum absolute atomic E-state index is 0.0549. The number of hydrogen-bond donors (Lipinski definition) is 8. The van der Waals surface area contributed by atoms with Crippen molar-refractivity contribution in [3.63, 3.8) is 0 Å². The van der Waals surface area contributed by atoms with Gasteiger partial charge in [0, 0.05) is 169 Å². The molecule has 0 bridgehead atoms. The summed E-state index contributed by atoms with van der Waals surface area (Å²) in [5.74, 6) is -4.24. The van der Waals surface area contributed by atoms with Crippen molar-refractivity contribution in [2.45, 2.75) is 94.2 Å². The quantitative estimate of drug-likeness (QED) is 0.0195. The van der Waals surface area contributed by atoms with Crippen molar-refractivity contribution >= 4 is 163 Å². The fourth-order valence-electron chi connectivity index (χ4n) is 16.3. The first kappa shape index (κ1) is 102. The summed E-state index contributed by atoms with van der Waals surface area (Å²) in [5, 5.41) is 63.3. The Kier molecular flexibility index (Phi) is 35.1. The lowest BCUT2D eigenvalue weighted by Crippen LogP contribution is -2.61. The summed E-state index contributed by atoms with van der Waals surface area (Å²) in [5.41, 5.74) is 2.90. The first-order valence-electron chi connectivity index (χ1n) is 42.0. The van der Waals surface area contributed by atoms with E-state index in [0.717, 1.165) is 12.1 Å². The van der Waals surface area contributed by atoms with E-state index in [4.69, 9.17) is 111 Å². The summed E-state index contributed by atoms with van der Waals surface area (Å²) in [6.45, 7) is 13.7. The average Bonchev–Trinajstić information content (AvgIpc) is 1.67. The number of nitrogens with zero attached hydrogens (tertiary/aromatic N) is 12. The number of methoxy groups -OCH3 is 3. The highest BCUT2D eigenvalue weighted by atomic mass is 35.5. The molecule has 34 nitrogen and oxygen atoms in total. The van der Waals surface area contributed by atoms with E-state index in [1.807, 2.05) is 15.7 Å². The molecule has 46 heteroatoms. The van der Waals surface area contributed by atoms with Crippen LogP contribution in [0.5, 0.6) is 0 Å². The van der Waals surface area contributed by atoms with Crippen molar-refractivity contribution in [3.05, 3.63) is 249 Å². The summed E-state index contributed by atoms with van der Waals surface area (Å²) in [6, 6.07) is 11.1. The number of carbonyl (C=O) groups excluding carboxylic acids is 4. The predicted molar refractivity (Wildman–Crippen MR) is 502 cm³/mol. The number of aliphatic hydroxyl groups excluding tert-OH is 2. The van der Waals surface area contributed by atoms with E-state index in [9.17, 15) is 62.4 Å². The Morgan fingerprint density at radius 1 is 0.437 bits per heavy atom. The Balaban J connectivity index is 0.000000153. The average molecular weight is 2040 g/mol. The van der Waals surface area contributed by atoms with Gasteiger partial charge in [0.25, 0.3) is 0 Å². The highest BCUT2D eigenvalue weighted by Gasteiger charge is 2.49. The molecule has 4 fully saturated rings. The molecule has 4 aromatic carbocycles. The molecule has 4 aromatic heterocycles. The van der Waals surface area contributed by atoms with Gasteiger partial charge in [0.2, 0.25) is 0 Å². The summed E-state index contributed by atoms with van der Waals surface area (Å²) in [6.07, 6.45) is 6.60. The van der Waals surface area contributed by atoms with Crippen molar-refractivity contribution in [3.8, 4) is 0 Å². The first-order valence-corrected chi connectivity index (χ1v) is 47.4. The number of aliphatic imine (C=N–C) groups is 4. The number of rotatable bonds is 25. The SMILES string of the molecule is CCOC(=O)C1=C(CN2CCOC(C)(C)[C@H]2C(=O)O)NC(c2nccs2)=NC1c1ccc(F)cc1Cl.COC(=O)C1=C(CN2CCOC(C)(C)[C@H]2C(=O)O)NC(c2nccs2)=NC1c1ccc(F)cc1Cl.COC(=O)C1=C(CN2CCOC[C@@H]2CO)NC(c2nccs2)=NC1c1ccc(Cl)cc1Cl.COC(=O)C1=C(CN2CCOC[C@@H]2CO)NC(c2nccs2)=NC1c1ccc(F)cc1Cl. The van der Waals surface area contributed by atoms with Gasteiger partial charge in [-0.25, -0.2) is 52.3 Å². The molecule has 8 aliphatic rings. The number of carboxylic acid groups (broad SMARTS) is 2. The number of aliphatic carboxylic acids is 2. The zero-order valence-corrected chi connectivity index (χ0v) is 80.8. The van der Waals surface area contributed by atoms with Crippen LogP contribution in [0.3, 0.4) is 0 Å². The lowest BCUT2D eigenvalue weighted by atomic mass is 9.92. The molecule has 8 aromatic rings. The van der Waals surface area contributed by atoms with E-state index in [1.165, 1.54) is 109 Å². The molecule has 0 amide bonds. The summed E-state index contributed by atoms with van der Waals surface area (Å²) < 4.78 is 84.4. The van der Waals surface area contributed by atoms with E-state index >= 15 is 0 Å². The van der Waals surface area contributed by atoms with Crippen LogP contribution in [0.4, 0.5) is 13.2 Å². The van der Waals surface area contributed by atoms with Gasteiger partial charge in [-0.2, -0.15) is 0 Å². The third-order valence-electron chi connectivity index (χ3n) is 22.6. The van der Waals surface area contributed by atoms with Crippen molar-refractivity contribution in [2.75, 3.05) is 133 Å². The number of morpholine rings is 4. The number of carbonyl (C=O) groups is 6. The van der Waals surface area contributed by atoms with Crippen LogP contribution in [0.1, 0.15) is 101 Å². The number of benzene rings is 4.